The fourth-order valence-corrected chi connectivity index (χ4v) is 2.18. The van der Waals surface area contributed by atoms with Crippen LogP contribution in [0.1, 0.15) is 12.8 Å². The molecule has 1 saturated heterocycles. The predicted octanol–water partition coefficient (Wildman–Crippen LogP) is 0.0204. The summed E-state index contributed by atoms with van der Waals surface area (Å²) in [7, 11) is 0. The van der Waals surface area contributed by atoms with Crippen LogP contribution in [0.5, 0.6) is 0 Å². The minimum atomic E-state index is -0.814. The topological polar surface area (TPSA) is 66.9 Å². The molecule has 3 nitrogen and oxygen atoms in total. The van der Waals surface area contributed by atoms with Gasteiger partial charge in [0.1, 0.15) is 0 Å². The van der Waals surface area contributed by atoms with Crippen molar-refractivity contribution in [3.63, 3.8) is 0 Å². The molecule has 1 radical (unpaired) electrons. The number of thioether (sulfide) groups is 1. The van der Waals surface area contributed by atoms with Gasteiger partial charge in [0.15, 0.2) is 0 Å². The van der Waals surface area contributed by atoms with Gasteiger partial charge < -0.3 is 5.73 Å². The summed E-state index contributed by atoms with van der Waals surface area (Å²) in [6.45, 7) is 0. The molecular weight excluding hydrogens is 148 g/mol. The number of carbonyl (C=O) groups is 1. The molecule has 3 N–H and O–H groups in total. The third-order valence-electron chi connectivity index (χ3n) is 1.84. The summed E-state index contributed by atoms with van der Waals surface area (Å²) < 4.78 is 0. The van der Waals surface area contributed by atoms with Crippen molar-refractivity contribution in [2.45, 2.75) is 18.4 Å². The Balaban J connectivity index is 2.56. The van der Waals surface area contributed by atoms with Gasteiger partial charge in [-0.05, 0) is 24.3 Å². The van der Waals surface area contributed by atoms with Crippen LogP contribution in [-0.2, 0) is 4.79 Å². The van der Waals surface area contributed by atoms with Crippen LogP contribution in [0.15, 0.2) is 0 Å². The van der Waals surface area contributed by atoms with Crippen molar-refractivity contribution in [1.82, 2.24) is 5.73 Å². The van der Waals surface area contributed by atoms with Crippen LogP contribution >= 0.6 is 11.8 Å². The molecule has 0 unspecified atom stereocenters. The normalized spacial score (nSPS) is 24.1. The van der Waals surface area contributed by atoms with Crippen LogP contribution in [0.4, 0.5) is 0 Å². The Morgan fingerprint density at radius 1 is 1.50 bits per heavy atom. The Hall–Kier alpha value is -0.220. The number of carbonyl (C=O) groups excluding carboxylic acids is 1. The molecule has 1 rings (SSSR count). The molecule has 0 saturated carbocycles. The molecule has 1 fully saturated rings. The van der Waals surface area contributed by atoms with Gasteiger partial charge in [-0.1, -0.05) is 0 Å². The monoisotopic (exact) mass is 159 g/mol. The molecule has 10 heavy (non-hydrogen) atoms. The van der Waals surface area contributed by atoms with Gasteiger partial charge in [-0.15, -0.1) is 0 Å². The lowest BCUT2D eigenvalue weighted by Crippen LogP contribution is -2.51. The highest BCUT2D eigenvalue weighted by molar-refractivity contribution is 7.99. The summed E-state index contributed by atoms with van der Waals surface area (Å²) in [5.41, 5.74) is 11.7. The number of hydrogen-bond acceptors (Lipinski definition) is 3. The molecule has 1 aliphatic heterocycles. The van der Waals surface area contributed by atoms with Gasteiger partial charge in [-0.2, -0.15) is 11.8 Å². The van der Waals surface area contributed by atoms with Gasteiger partial charge in [0.25, 0.3) is 5.91 Å². The van der Waals surface area contributed by atoms with E-state index >= 15 is 0 Å². The van der Waals surface area contributed by atoms with E-state index in [0.717, 1.165) is 11.5 Å². The van der Waals surface area contributed by atoms with Crippen molar-refractivity contribution in [1.29, 1.82) is 0 Å². The van der Waals surface area contributed by atoms with E-state index in [1.807, 2.05) is 0 Å². The predicted molar refractivity (Wildman–Crippen MR) is 41.6 cm³/mol. The fraction of sp³-hybridized carbons (Fsp3) is 0.833. The van der Waals surface area contributed by atoms with E-state index in [2.05, 4.69) is 0 Å². The molecular formula is C6H11N2OS. The highest BCUT2D eigenvalue weighted by atomic mass is 32.2. The van der Waals surface area contributed by atoms with E-state index in [1.54, 1.807) is 11.8 Å². The minimum Gasteiger partial charge on any atom is -0.317 e. The second-order valence-corrected chi connectivity index (χ2v) is 3.82. The molecule has 0 bridgehead atoms. The van der Waals surface area contributed by atoms with Crippen LogP contribution in [0, 0.1) is 0 Å². The van der Waals surface area contributed by atoms with Gasteiger partial charge in [-0.25, -0.2) is 0 Å². The van der Waals surface area contributed by atoms with E-state index in [-0.39, 0.29) is 0 Å². The van der Waals surface area contributed by atoms with Crippen LogP contribution in [-0.4, -0.2) is 23.0 Å². The fourth-order valence-electron chi connectivity index (χ4n) is 0.963. The lowest BCUT2D eigenvalue weighted by atomic mass is 9.93. The molecule has 4 heteroatoms. The van der Waals surface area contributed by atoms with Gasteiger partial charge in [0.05, 0.1) is 5.54 Å². The van der Waals surface area contributed by atoms with E-state index in [1.165, 1.54) is 0 Å². The van der Waals surface area contributed by atoms with Crippen LogP contribution in [0.3, 0.4) is 0 Å². The standard InChI is InChI=1S/C6H11N2OS/c7-5(9)6(8)1-3-10-4-2-6/h7H,1-4,8H2. The lowest BCUT2D eigenvalue weighted by Gasteiger charge is -2.28. The maximum absolute atomic E-state index is 10.7. The largest absolute Gasteiger partial charge is 0.317 e. The van der Waals surface area contributed by atoms with Crippen LogP contribution < -0.4 is 11.5 Å². The number of hydrogen-bond donors (Lipinski definition) is 1. The van der Waals surface area contributed by atoms with E-state index in [4.69, 9.17) is 11.5 Å². The number of nitrogens with two attached hydrogens (primary N) is 1. The van der Waals surface area contributed by atoms with E-state index < -0.39 is 11.4 Å². The van der Waals surface area contributed by atoms with Gasteiger partial charge in [0, 0.05) is 0 Å². The summed E-state index contributed by atoms with van der Waals surface area (Å²) in [5.74, 6) is 1.23. The summed E-state index contributed by atoms with van der Waals surface area (Å²) >= 11 is 1.80. The average Bonchev–Trinajstić information content (AvgIpc) is 1.89. The number of nitrogens with one attached hydrogen (secondary N) is 1. The summed E-state index contributed by atoms with van der Waals surface area (Å²) in [6, 6.07) is 0. The molecule has 0 aromatic heterocycles. The third-order valence-corrected chi connectivity index (χ3v) is 2.82. The first-order chi connectivity index (χ1) is 4.65. The third kappa shape index (κ3) is 1.44. The average molecular weight is 159 g/mol. The zero-order valence-electron chi connectivity index (χ0n) is 5.72. The SMILES string of the molecule is [NH]C(=O)C1(N)CCSCC1. The zero-order valence-corrected chi connectivity index (χ0v) is 6.54. The van der Waals surface area contributed by atoms with Crippen LogP contribution in [0.2, 0.25) is 0 Å². The number of amides is 1. The maximum Gasteiger partial charge on any atom is 0.258 e. The Bertz CT molecular complexity index is 143. The Kier molecular flexibility index (Phi) is 2.21. The van der Waals surface area contributed by atoms with Crippen molar-refractivity contribution in [3.8, 4) is 0 Å². The highest BCUT2D eigenvalue weighted by Gasteiger charge is 2.33. The molecule has 1 heterocycles. The first kappa shape index (κ1) is 7.88. The Morgan fingerprint density at radius 2 is 2.00 bits per heavy atom. The zero-order chi connectivity index (χ0) is 7.61. The molecule has 0 aromatic carbocycles. The second kappa shape index (κ2) is 2.80. The van der Waals surface area contributed by atoms with Crippen molar-refractivity contribution in [3.05, 3.63) is 0 Å². The highest BCUT2D eigenvalue weighted by Crippen LogP contribution is 2.24. The Labute approximate surface area is 64.5 Å². The summed E-state index contributed by atoms with van der Waals surface area (Å²) in [4.78, 5) is 10.7. The quantitative estimate of drug-likeness (QED) is 0.586. The van der Waals surface area contributed by atoms with Gasteiger partial charge in [-0.3, -0.25) is 10.5 Å². The molecule has 1 amide bonds. The van der Waals surface area contributed by atoms with Gasteiger partial charge in [0.2, 0.25) is 0 Å². The number of rotatable bonds is 1. The molecule has 0 aromatic rings. The van der Waals surface area contributed by atoms with E-state index in [9.17, 15) is 4.79 Å². The molecule has 0 aliphatic carbocycles. The molecule has 0 atom stereocenters. The first-order valence-electron chi connectivity index (χ1n) is 3.28. The summed E-state index contributed by atoms with van der Waals surface area (Å²) in [6.07, 6.45) is 1.33. The first-order valence-corrected chi connectivity index (χ1v) is 4.43. The minimum absolute atomic E-state index is 0.604. The van der Waals surface area contributed by atoms with Crippen molar-refractivity contribution >= 4 is 17.7 Å². The Morgan fingerprint density at radius 3 is 2.30 bits per heavy atom. The van der Waals surface area contributed by atoms with Crippen molar-refractivity contribution < 1.29 is 4.79 Å². The van der Waals surface area contributed by atoms with Crippen molar-refractivity contribution in [2.24, 2.45) is 5.73 Å². The molecule has 0 spiro atoms. The van der Waals surface area contributed by atoms with Gasteiger partial charge >= 0.3 is 0 Å². The van der Waals surface area contributed by atoms with Crippen molar-refractivity contribution in [2.75, 3.05) is 11.5 Å². The van der Waals surface area contributed by atoms with E-state index in [0.29, 0.717) is 12.8 Å². The smallest absolute Gasteiger partial charge is 0.258 e. The second-order valence-electron chi connectivity index (χ2n) is 2.60. The molecule has 1 aliphatic rings. The van der Waals surface area contributed by atoms with Crippen LogP contribution in [0.25, 0.3) is 0 Å². The molecule has 57 valence electrons. The lowest BCUT2D eigenvalue weighted by molar-refractivity contribution is -0.124. The summed E-state index contributed by atoms with van der Waals surface area (Å²) in [5, 5.41) is 0. The maximum atomic E-state index is 10.7.